The molecule has 0 amide bonds. The van der Waals surface area contributed by atoms with Gasteiger partial charge in [-0.2, -0.15) is 0 Å². The van der Waals surface area contributed by atoms with Gasteiger partial charge >= 0.3 is 0 Å². The molecule has 0 bridgehead atoms. The Hall–Kier alpha value is -0.800. The molecule has 1 heterocycles. The molecule has 0 radical (unpaired) electrons. The van der Waals surface area contributed by atoms with E-state index >= 15 is 0 Å². The average molecular weight is 279 g/mol. The second kappa shape index (κ2) is 3.60. The fourth-order valence-electron chi connectivity index (χ4n) is 2.77. The summed E-state index contributed by atoms with van der Waals surface area (Å²) in [5.74, 6) is 0. The van der Waals surface area contributed by atoms with Crippen LogP contribution in [0.3, 0.4) is 0 Å². The number of fused-ring (bicyclic) bond motifs is 1. The second-order valence-electron chi connectivity index (χ2n) is 4.70. The first kappa shape index (κ1) is 10.4. The fraction of sp³-hybridized carbons (Fsp3) is 0.385. The number of benzene rings is 1. The maximum absolute atomic E-state index is 5.99. The first-order valence-electron chi connectivity index (χ1n) is 5.73. The number of H-pyrrole nitrogens is 1. The van der Waals surface area contributed by atoms with Gasteiger partial charge in [0.15, 0.2) is 0 Å². The first-order valence-corrected chi connectivity index (χ1v) is 6.52. The molecule has 1 saturated carbocycles. The van der Waals surface area contributed by atoms with Crippen molar-refractivity contribution < 1.29 is 0 Å². The lowest BCUT2D eigenvalue weighted by Gasteiger charge is -2.42. The molecule has 3 N–H and O–H groups in total. The average Bonchev–Trinajstić information content (AvgIpc) is 2.61. The zero-order valence-corrected chi connectivity index (χ0v) is 10.7. The molecule has 1 fully saturated rings. The van der Waals surface area contributed by atoms with Gasteiger partial charge in [-0.05, 0) is 40.4 Å². The predicted molar refractivity (Wildman–Crippen MR) is 70.6 cm³/mol. The van der Waals surface area contributed by atoms with Gasteiger partial charge in [-0.3, -0.25) is 0 Å². The van der Waals surface area contributed by atoms with Crippen molar-refractivity contribution in [2.75, 3.05) is 6.54 Å². The Kier molecular flexibility index (Phi) is 2.33. The molecule has 1 aliphatic carbocycles. The van der Waals surface area contributed by atoms with Crippen molar-refractivity contribution in [1.82, 2.24) is 4.98 Å². The van der Waals surface area contributed by atoms with E-state index in [1.807, 2.05) is 6.20 Å². The third kappa shape index (κ3) is 1.28. The molecular weight excluding hydrogens is 264 g/mol. The van der Waals surface area contributed by atoms with E-state index in [0.29, 0.717) is 0 Å². The van der Waals surface area contributed by atoms with Crippen molar-refractivity contribution in [3.05, 3.63) is 34.4 Å². The van der Waals surface area contributed by atoms with Crippen LogP contribution in [0.5, 0.6) is 0 Å². The minimum atomic E-state index is 0.226. The van der Waals surface area contributed by atoms with Crippen LogP contribution in [-0.4, -0.2) is 11.5 Å². The first-order chi connectivity index (χ1) is 7.77. The van der Waals surface area contributed by atoms with Crippen LogP contribution < -0.4 is 5.73 Å². The Morgan fingerprint density at radius 3 is 2.81 bits per heavy atom. The van der Waals surface area contributed by atoms with Crippen molar-refractivity contribution in [3.63, 3.8) is 0 Å². The van der Waals surface area contributed by atoms with E-state index < -0.39 is 0 Å². The van der Waals surface area contributed by atoms with Gasteiger partial charge in [0.2, 0.25) is 0 Å². The molecule has 2 nitrogen and oxygen atoms in total. The summed E-state index contributed by atoms with van der Waals surface area (Å²) in [6, 6.07) is 6.47. The lowest BCUT2D eigenvalue weighted by Crippen LogP contribution is -2.41. The zero-order chi connectivity index (χ0) is 11.2. The van der Waals surface area contributed by atoms with Crippen LogP contribution >= 0.6 is 15.9 Å². The van der Waals surface area contributed by atoms with Gasteiger partial charge in [0.1, 0.15) is 0 Å². The van der Waals surface area contributed by atoms with E-state index in [1.165, 1.54) is 35.7 Å². The summed E-state index contributed by atoms with van der Waals surface area (Å²) >= 11 is 3.62. The molecule has 1 aromatic carbocycles. The van der Waals surface area contributed by atoms with E-state index in [9.17, 15) is 0 Å². The smallest absolute Gasteiger partial charge is 0.0468 e. The number of aromatic nitrogens is 1. The van der Waals surface area contributed by atoms with Crippen LogP contribution in [0.1, 0.15) is 24.8 Å². The highest BCUT2D eigenvalue weighted by atomic mass is 79.9. The second-order valence-corrected chi connectivity index (χ2v) is 5.56. The molecule has 0 unspecified atom stereocenters. The Bertz CT molecular complexity index is 520. The van der Waals surface area contributed by atoms with E-state index in [0.717, 1.165) is 11.0 Å². The van der Waals surface area contributed by atoms with Gasteiger partial charge < -0.3 is 10.7 Å². The largest absolute Gasteiger partial charge is 0.360 e. The summed E-state index contributed by atoms with van der Waals surface area (Å²) in [6.45, 7) is 0.754. The molecule has 0 atom stereocenters. The SMILES string of the molecule is NCC1(c2cccc3[nH]cc(Br)c23)CCC1. The molecule has 1 aromatic heterocycles. The van der Waals surface area contributed by atoms with Crippen molar-refractivity contribution in [2.45, 2.75) is 24.7 Å². The number of hydrogen-bond donors (Lipinski definition) is 2. The number of rotatable bonds is 2. The highest BCUT2D eigenvalue weighted by Gasteiger charge is 2.38. The fourth-order valence-corrected chi connectivity index (χ4v) is 3.31. The van der Waals surface area contributed by atoms with Gasteiger partial charge in [-0.15, -0.1) is 0 Å². The van der Waals surface area contributed by atoms with Crippen molar-refractivity contribution in [3.8, 4) is 0 Å². The predicted octanol–water partition coefficient (Wildman–Crippen LogP) is 3.31. The zero-order valence-electron chi connectivity index (χ0n) is 9.09. The summed E-state index contributed by atoms with van der Waals surface area (Å²) in [5, 5.41) is 1.31. The molecule has 0 spiro atoms. The molecule has 0 saturated heterocycles. The van der Waals surface area contributed by atoms with Crippen molar-refractivity contribution in [1.29, 1.82) is 0 Å². The summed E-state index contributed by atoms with van der Waals surface area (Å²) in [7, 11) is 0. The van der Waals surface area contributed by atoms with Crippen LogP contribution in [0.4, 0.5) is 0 Å². The molecular formula is C13H15BrN2. The maximum atomic E-state index is 5.99. The summed E-state index contributed by atoms with van der Waals surface area (Å²) in [6.07, 6.45) is 5.76. The lowest BCUT2D eigenvalue weighted by atomic mass is 9.64. The molecule has 3 heteroatoms. The highest BCUT2D eigenvalue weighted by molar-refractivity contribution is 9.10. The van der Waals surface area contributed by atoms with Gasteiger partial charge in [0.05, 0.1) is 0 Å². The third-order valence-corrected chi connectivity index (χ3v) is 4.56. The Balaban J connectivity index is 2.26. The Labute approximate surface area is 103 Å². The van der Waals surface area contributed by atoms with Crippen LogP contribution in [0.25, 0.3) is 10.9 Å². The number of nitrogens with one attached hydrogen (secondary N) is 1. The maximum Gasteiger partial charge on any atom is 0.0468 e. The monoisotopic (exact) mass is 278 g/mol. The molecule has 0 aliphatic heterocycles. The lowest BCUT2D eigenvalue weighted by molar-refractivity contribution is 0.255. The number of hydrogen-bond acceptors (Lipinski definition) is 1. The Morgan fingerprint density at radius 1 is 1.38 bits per heavy atom. The van der Waals surface area contributed by atoms with Gasteiger partial charge in [0.25, 0.3) is 0 Å². The molecule has 16 heavy (non-hydrogen) atoms. The standard InChI is InChI=1S/C13H15BrN2/c14-10-7-16-11-4-1-3-9(12(10)11)13(8-15)5-2-6-13/h1,3-4,7,16H,2,5-6,8,15H2. The van der Waals surface area contributed by atoms with Gasteiger partial charge in [-0.1, -0.05) is 18.6 Å². The topological polar surface area (TPSA) is 41.8 Å². The van der Waals surface area contributed by atoms with Crippen LogP contribution in [0.15, 0.2) is 28.9 Å². The number of aromatic amines is 1. The van der Waals surface area contributed by atoms with Gasteiger partial charge in [0, 0.05) is 33.5 Å². The quantitative estimate of drug-likeness (QED) is 0.870. The number of halogens is 1. The summed E-state index contributed by atoms with van der Waals surface area (Å²) < 4.78 is 1.15. The van der Waals surface area contributed by atoms with Crippen LogP contribution in [0, 0.1) is 0 Å². The third-order valence-electron chi connectivity index (χ3n) is 3.93. The molecule has 84 valence electrons. The number of nitrogens with two attached hydrogens (primary N) is 1. The Morgan fingerprint density at radius 2 is 2.19 bits per heavy atom. The molecule has 2 aromatic rings. The van der Waals surface area contributed by atoms with Crippen molar-refractivity contribution >= 4 is 26.8 Å². The van der Waals surface area contributed by atoms with E-state index in [1.54, 1.807) is 0 Å². The summed E-state index contributed by atoms with van der Waals surface area (Å²) in [4.78, 5) is 3.28. The summed E-state index contributed by atoms with van der Waals surface area (Å²) in [5.41, 5.74) is 8.82. The minimum absolute atomic E-state index is 0.226. The highest BCUT2D eigenvalue weighted by Crippen LogP contribution is 2.46. The van der Waals surface area contributed by atoms with Gasteiger partial charge in [-0.25, -0.2) is 0 Å². The van der Waals surface area contributed by atoms with E-state index in [-0.39, 0.29) is 5.41 Å². The van der Waals surface area contributed by atoms with E-state index in [2.05, 4.69) is 39.1 Å². The van der Waals surface area contributed by atoms with Crippen molar-refractivity contribution in [2.24, 2.45) is 5.73 Å². The molecule has 3 rings (SSSR count). The van der Waals surface area contributed by atoms with Crippen LogP contribution in [0.2, 0.25) is 0 Å². The minimum Gasteiger partial charge on any atom is -0.360 e. The normalized spacial score (nSPS) is 18.6. The van der Waals surface area contributed by atoms with Crippen LogP contribution in [-0.2, 0) is 5.41 Å². The van der Waals surface area contributed by atoms with E-state index in [4.69, 9.17) is 5.73 Å². The molecule has 1 aliphatic rings.